The minimum Gasteiger partial charge on any atom is -0.444 e. The van der Waals surface area contributed by atoms with Gasteiger partial charge in [-0.1, -0.05) is 19.8 Å². The summed E-state index contributed by atoms with van der Waals surface area (Å²) >= 11 is 0. The normalized spacial score (nSPS) is 32.7. The highest BCUT2D eigenvalue weighted by Gasteiger charge is 2.33. The number of piperidine rings is 1. The van der Waals surface area contributed by atoms with Gasteiger partial charge in [0, 0.05) is 18.6 Å². The third kappa shape index (κ3) is 5.66. The Bertz CT molecular complexity index is 383. The summed E-state index contributed by atoms with van der Waals surface area (Å²) in [6.45, 7) is 12.2. The molecule has 1 N–H and O–H groups in total. The zero-order valence-corrected chi connectivity index (χ0v) is 15.7. The summed E-state index contributed by atoms with van der Waals surface area (Å²) in [5, 5.41) is 3.75. The van der Waals surface area contributed by atoms with Crippen LogP contribution in [-0.2, 0) is 4.74 Å². The zero-order valence-electron chi connectivity index (χ0n) is 15.7. The fraction of sp³-hybridized carbons (Fsp3) is 0.947. The van der Waals surface area contributed by atoms with Crippen molar-refractivity contribution in [2.24, 2.45) is 11.8 Å². The van der Waals surface area contributed by atoms with E-state index in [4.69, 9.17) is 4.74 Å². The van der Waals surface area contributed by atoms with Crippen LogP contribution in [0.4, 0.5) is 4.79 Å². The van der Waals surface area contributed by atoms with Crippen molar-refractivity contribution >= 4 is 6.09 Å². The Morgan fingerprint density at radius 2 is 1.78 bits per heavy atom. The van der Waals surface area contributed by atoms with Crippen LogP contribution in [-0.4, -0.2) is 41.8 Å². The van der Waals surface area contributed by atoms with Gasteiger partial charge >= 0.3 is 6.09 Å². The smallest absolute Gasteiger partial charge is 0.410 e. The molecule has 0 bridgehead atoms. The number of nitrogens with one attached hydrogen (secondary N) is 1. The molecule has 2 aliphatic rings. The Morgan fingerprint density at radius 1 is 1.13 bits per heavy atom. The van der Waals surface area contributed by atoms with Crippen molar-refractivity contribution in [1.29, 1.82) is 0 Å². The molecule has 2 rings (SSSR count). The first-order valence-corrected chi connectivity index (χ1v) is 9.49. The van der Waals surface area contributed by atoms with E-state index in [9.17, 15) is 4.79 Å². The highest BCUT2D eigenvalue weighted by Crippen LogP contribution is 2.28. The van der Waals surface area contributed by atoms with Gasteiger partial charge in [-0.3, -0.25) is 0 Å². The van der Waals surface area contributed by atoms with Crippen molar-refractivity contribution in [3.63, 3.8) is 0 Å². The number of likely N-dealkylation sites (tertiary alicyclic amines) is 1. The number of nitrogens with zero attached hydrogens (tertiary/aromatic N) is 1. The Hall–Kier alpha value is -0.770. The van der Waals surface area contributed by atoms with E-state index in [0.29, 0.717) is 6.04 Å². The summed E-state index contributed by atoms with van der Waals surface area (Å²) in [7, 11) is 0. The lowest BCUT2D eigenvalue weighted by Crippen LogP contribution is -2.56. The van der Waals surface area contributed by atoms with E-state index in [1.807, 2.05) is 25.7 Å². The van der Waals surface area contributed by atoms with Crippen LogP contribution in [0.25, 0.3) is 0 Å². The van der Waals surface area contributed by atoms with E-state index in [1.54, 1.807) is 0 Å². The first-order chi connectivity index (χ1) is 10.8. The topological polar surface area (TPSA) is 41.6 Å². The molecule has 4 heteroatoms. The fourth-order valence-electron chi connectivity index (χ4n) is 3.85. The van der Waals surface area contributed by atoms with Crippen molar-refractivity contribution in [1.82, 2.24) is 10.2 Å². The molecular weight excluding hydrogens is 288 g/mol. The minimum absolute atomic E-state index is 0.164. The van der Waals surface area contributed by atoms with Gasteiger partial charge in [0.1, 0.15) is 5.60 Å². The highest BCUT2D eigenvalue weighted by molar-refractivity contribution is 5.68. The van der Waals surface area contributed by atoms with Gasteiger partial charge in [-0.25, -0.2) is 4.79 Å². The number of ether oxygens (including phenoxy) is 1. The number of carbonyl (C=O) groups excluding carboxylic acids is 1. The van der Waals surface area contributed by atoms with E-state index in [1.165, 1.54) is 25.7 Å². The maximum Gasteiger partial charge on any atom is 0.410 e. The molecule has 0 aromatic heterocycles. The van der Waals surface area contributed by atoms with Crippen LogP contribution in [0.15, 0.2) is 0 Å². The highest BCUT2D eigenvalue weighted by atomic mass is 16.6. The molecule has 0 aromatic rings. The summed E-state index contributed by atoms with van der Waals surface area (Å²) in [5.74, 6) is 1.72. The van der Waals surface area contributed by atoms with Gasteiger partial charge in [-0.05, 0) is 71.8 Å². The van der Waals surface area contributed by atoms with Crippen LogP contribution in [0.3, 0.4) is 0 Å². The zero-order chi connectivity index (χ0) is 17.0. The molecule has 0 spiro atoms. The molecule has 1 aliphatic carbocycles. The lowest BCUT2D eigenvalue weighted by molar-refractivity contribution is 0.00674. The van der Waals surface area contributed by atoms with Gasteiger partial charge in [0.2, 0.25) is 0 Å². The Balaban J connectivity index is 1.82. The molecule has 2 unspecified atom stereocenters. The first kappa shape index (κ1) is 18.6. The molecule has 23 heavy (non-hydrogen) atoms. The van der Waals surface area contributed by atoms with Gasteiger partial charge in [-0.15, -0.1) is 0 Å². The summed E-state index contributed by atoms with van der Waals surface area (Å²) in [4.78, 5) is 14.3. The summed E-state index contributed by atoms with van der Waals surface area (Å²) < 4.78 is 5.56. The van der Waals surface area contributed by atoms with Crippen LogP contribution in [0, 0.1) is 11.8 Å². The molecule has 1 saturated heterocycles. The molecule has 0 aromatic carbocycles. The number of amides is 1. The van der Waals surface area contributed by atoms with Crippen molar-refractivity contribution < 1.29 is 9.53 Å². The molecule has 4 nitrogen and oxygen atoms in total. The number of carbonyl (C=O) groups is 1. The third-order valence-electron chi connectivity index (χ3n) is 5.42. The van der Waals surface area contributed by atoms with E-state index in [2.05, 4.69) is 19.2 Å². The van der Waals surface area contributed by atoms with E-state index in [-0.39, 0.29) is 12.1 Å². The Labute approximate surface area is 142 Å². The van der Waals surface area contributed by atoms with Crippen LogP contribution >= 0.6 is 0 Å². The molecule has 2 fully saturated rings. The van der Waals surface area contributed by atoms with Crippen molar-refractivity contribution in [3.05, 3.63) is 0 Å². The summed E-state index contributed by atoms with van der Waals surface area (Å²) in [5.41, 5.74) is -0.421. The van der Waals surface area contributed by atoms with Crippen LogP contribution in [0.1, 0.15) is 73.1 Å². The van der Waals surface area contributed by atoms with Crippen molar-refractivity contribution in [3.8, 4) is 0 Å². The number of hydrogen-bond acceptors (Lipinski definition) is 3. The Morgan fingerprint density at radius 3 is 2.39 bits per heavy atom. The maximum atomic E-state index is 12.4. The third-order valence-corrected chi connectivity index (χ3v) is 5.42. The second kappa shape index (κ2) is 7.87. The average Bonchev–Trinajstić information content (AvgIpc) is 2.46. The van der Waals surface area contributed by atoms with Gasteiger partial charge in [0.25, 0.3) is 0 Å². The predicted octanol–water partition coefficient (Wildman–Crippen LogP) is 4.19. The molecule has 1 aliphatic heterocycles. The monoisotopic (exact) mass is 324 g/mol. The minimum atomic E-state index is -0.421. The van der Waals surface area contributed by atoms with Crippen LogP contribution in [0.5, 0.6) is 0 Å². The second-order valence-corrected chi connectivity index (χ2v) is 8.70. The largest absolute Gasteiger partial charge is 0.444 e. The standard InChI is InChI=1S/C19H36N2O2/c1-14-8-10-16(11-9-14)13-20-17-7-6-12-21(15(17)2)18(22)23-19(3,4)5/h14-17,20H,6-13H2,1-5H3. The molecule has 2 atom stereocenters. The molecule has 1 heterocycles. The second-order valence-electron chi connectivity index (χ2n) is 8.70. The SMILES string of the molecule is CC1CCC(CNC2CCCN(C(=O)OC(C)(C)C)C2C)CC1. The van der Waals surface area contributed by atoms with Crippen molar-refractivity contribution in [2.45, 2.75) is 90.8 Å². The predicted molar refractivity (Wildman–Crippen MR) is 94.5 cm³/mol. The maximum absolute atomic E-state index is 12.4. The molecule has 1 saturated carbocycles. The lowest BCUT2D eigenvalue weighted by Gasteiger charge is -2.41. The molecule has 0 radical (unpaired) electrons. The number of rotatable bonds is 3. The quantitative estimate of drug-likeness (QED) is 0.846. The summed E-state index contributed by atoms with van der Waals surface area (Å²) in [6.07, 6.45) is 7.50. The fourth-order valence-corrected chi connectivity index (χ4v) is 3.85. The summed E-state index contributed by atoms with van der Waals surface area (Å²) in [6, 6.07) is 0.608. The van der Waals surface area contributed by atoms with Crippen LogP contribution in [0.2, 0.25) is 0 Å². The van der Waals surface area contributed by atoms with Crippen molar-refractivity contribution in [2.75, 3.05) is 13.1 Å². The van der Waals surface area contributed by atoms with Gasteiger partial charge in [-0.2, -0.15) is 0 Å². The first-order valence-electron chi connectivity index (χ1n) is 9.49. The van der Waals surface area contributed by atoms with Crippen LogP contribution < -0.4 is 5.32 Å². The molecule has 134 valence electrons. The van der Waals surface area contributed by atoms with Gasteiger partial charge in [0.15, 0.2) is 0 Å². The average molecular weight is 325 g/mol. The molecule has 1 amide bonds. The van der Waals surface area contributed by atoms with E-state index < -0.39 is 5.60 Å². The van der Waals surface area contributed by atoms with Gasteiger partial charge in [0.05, 0.1) is 0 Å². The molecular formula is C19H36N2O2. The lowest BCUT2D eigenvalue weighted by atomic mass is 9.83. The number of hydrogen-bond donors (Lipinski definition) is 1. The Kier molecular flexibility index (Phi) is 6.35. The van der Waals surface area contributed by atoms with Gasteiger partial charge < -0.3 is 15.0 Å². The van der Waals surface area contributed by atoms with E-state index in [0.717, 1.165) is 37.8 Å². The van der Waals surface area contributed by atoms with E-state index >= 15 is 0 Å².